The van der Waals surface area contributed by atoms with Gasteiger partial charge in [-0.05, 0) is 12.1 Å². The second-order valence-electron chi connectivity index (χ2n) is 3.81. The molecule has 0 saturated heterocycles. The summed E-state index contributed by atoms with van der Waals surface area (Å²) in [5.74, 6) is 0.318. The summed E-state index contributed by atoms with van der Waals surface area (Å²) in [6.07, 6.45) is 4.08. The topological polar surface area (TPSA) is 42.7 Å². The number of nitrogens with one attached hydrogen (secondary N) is 1. The fourth-order valence-corrected chi connectivity index (χ4v) is 1.85. The number of nitrogens with zero attached hydrogens (tertiary/aromatic N) is 3. The Kier molecular flexibility index (Phi) is 2.18. The molecule has 1 aliphatic heterocycles. The average Bonchev–Trinajstić information content (AvgIpc) is 2.73. The Balaban J connectivity index is 2.00. The molecule has 0 amide bonds. The van der Waals surface area contributed by atoms with Crippen LogP contribution < -0.4 is 5.32 Å². The van der Waals surface area contributed by atoms with Crippen molar-refractivity contribution >= 4 is 0 Å². The SMILES string of the molecule is Fc1ccc(-n2cc3c(n2)CCNC3)nc1. The molecule has 4 nitrogen and oxygen atoms in total. The average molecular weight is 218 g/mol. The summed E-state index contributed by atoms with van der Waals surface area (Å²) in [4.78, 5) is 4.00. The number of fused-ring (bicyclic) bond motifs is 1. The van der Waals surface area contributed by atoms with E-state index in [9.17, 15) is 4.39 Å². The van der Waals surface area contributed by atoms with Gasteiger partial charge in [-0.25, -0.2) is 14.1 Å². The number of pyridine rings is 1. The van der Waals surface area contributed by atoms with E-state index in [1.54, 1.807) is 10.7 Å². The van der Waals surface area contributed by atoms with Crippen LogP contribution in [0.5, 0.6) is 0 Å². The van der Waals surface area contributed by atoms with E-state index < -0.39 is 0 Å². The van der Waals surface area contributed by atoms with E-state index >= 15 is 0 Å². The Labute approximate surface area is 92.1 Å². The van der Waals surface area contributed by atoms with Crippen LogP contribution in [-0.2, 0) is 13.0 Å². The third-order valence-electron chi connectivity index (χ3n) is 2.68. The Morgan fingerprint density at radius 1 is 1.38 bits per heavy atom. The molecular weight excluding hydrogens is 207 g/mol. The molecule has 1 N–H and O–H groups in total. The minimum Gasteiger partial charge on any atom is -0.312 e. The van der Waals surface area contributed by atoms with E-state index in [1.165, 1.54) is 17.8 Å². The first-order chi connectivity index (χ1) is 7.83. The van der Waals surface area contributed by atoms with Crippen LogP contribution in [0.3, 0.4) is 0 Å². The highest BCUT2D eigenvalue weighted by Gasteiger charge is 2.13. The van der Waals surface area contributed by atoms with Gasteiger partial charge in [-0.1, -0.05) is 0 Å². The fourth-order valence-electron chi connectivity index (χ4n) is 1.85. The summed E-state index contributed by atoms with van der Waals surface area (Å²) < 4.78 is 14.4. The maximum absolute atomic E-state index is 12.7. The van der Waals surface area contributed by atoms with Crippen molar-refractivity contribution < 1.29 is 4.39 Å². The van der Waals surface area contributed by atoms with Crippen molar-refractivity contribution in [1.82, 2.24) is 20.1 Å². The van der Waals surface area contributed by atoms with Crippen molar-refractivity contribution in [3.05, 3.63) is 41.6 Å². The van der Waals surface area contributed by atoms with Crippen LogP contribution in [0.4, 0.5) is 4.39 Å². The molecule has 0 unspecified atom stereocenters. The summed E-state index contributed by atoms with van der Waals surface area (Å²) >= 11 is 0. The molecule has 0 atom stereocenters. The Morgan fingerprint density at radius 2 is 2.31 bits per heavy atom. The summed E-state index contributed by atoms with van der Waals surface area (Å²) in [6, 6.07) is 3.02. The molecule has 0 bridgehead atoms. The Hall–Kier alpha value is -1.75. The van der Waals surface area contributed by atoms with Gasteiger partial charge < -0.3 is 5.32 Å². The standard InChI is InChI=1S/C11H11FN4/c12-9-1-2-11(14-6-9)16-7-8-5-13-4-3-10(8)15-16/h1-2,6-7,13H,3-5H2. The van der Waals surface area contributed by atoms with Crippen LogP contribution in [-0.4, -0.2) is 21.3 Å². The zero-order chi connectivity index (χ0) is 11.0. The fraction of sp³-hybridized carbons (Fsp3) is 0.273. The minimum atomic E-state index is -0.331. The zero-order valence-electron chi connectivity index (χ0n) is 8.65. The van der Waals surface area contributed by atoms with E-state index in [4.69, 9.17) is 0 Å². The van der Waals surface area contributed by atoms with Gasteiger partial charge in [0.1, 0.15) is 5.82 Å². The predicted molar refractivity (Wildman–Crippen MR) is 56.7 cm³/mol. The van der Waals surface area contributed by atoms with Crippen LogP contribution >= 0.6 is 0 Å². The van der Waals surface area contributed by atoms with Gasteiger partial charge >= 0.3 is 0 Å². The molecule has 2 aromatic rings. The van der Waals surface area contributed by atoms with E-state index in [-0.39, 0.29) is 5.82 Å². The van der Waals surface area contributed by atoms with E-state index in [0.29, 0.717) is 5.82 Å². The normalized spacial score (nSPS) is 14.8. The largest absolute Gasteiger partial charge is 0.312 e. The monoisotopic (exact) mass is 218 g/mol. The first-order valence-corrected chi connectivity index (χ1v) is 5.23. The van der Waals surface area contributed by atoms with Crippen molar-refractivity contribution in [3.63, 3.8) is 0 Å². The number of hydrogen-bond donors (Lipinski definition) is 1. The maximum atomic E-state index is 12.7. The number of aromatic nitrogens is 3. The molecule has 2 aromatic heterocycles. The molecule has 1 aliphatic rings. The van der Waals surface area contributed by atoms with Crippen molar-refractivity contribution in [1.29, 1.82) is 0 Å². The van der Waals surface area contributed by atoms with Crippen LogP contribution in [0.2, 0.25) is 0 Å². The lowest BCUT2D eigenvalue weighted by Crippen LogP contribution is -2.22. The third kappa shape index (κ3) is 1.59. The van der Waals surface area contributed by atoms with Crippen LogP contribution in [0.1, 0.15) is 11.3 Å². The van der Waals surface area contributed by atoms with Crippen molar-refractivity contribution in [2.24, 2.45) is 0 Å². The molecule has 0 aliphatic carbocycles. The van der Waals surface area contributed by atoms with Gasteiger partial charge in [-0.15, -0.1) is 0 Å². The quantitative estimate of drug-likeness (QED) is 0.778. The highest BCUT2D eigenvalue weighted by Crippen LogP contribution is 2.14. The predicted octanol–water partition coefficient (Wildman–Crippen LogP) is 1.05. The highest BCUT2D eigenvalue weighted by atomic mass is 19.1. The van der Waals surface area contributed by atoms with Gasteiger partial charge in [0.25, 0.3) is 0 Å². The summed E-state index contributed by atoms with van der Waals surface area (Å²) in [7, 11) is 0. The summed E-state index contributed by atoms with van der Waals surface area (Å²) in [5, 5.41) is 7.72. The Morgan fingerprint density at radius 3 is 3.06 bits per heavy atom. The number of rotatable bonds is 1. The van der Waals surface area contributed by atoms with Gasteiger partial charge in [-0.2, -0.15) is 5.10 Å². The zero-order valence-corrected chi connectivity index (χ0v) is 8.65. The third-order valence-corrected chi connectivity index (χ3v) is 2.68. The van der Waals surface area contributed by atoms with Crippen molar-refractivity contribution in [2.45, 2.75) is 13.0 Å². The lowest BCUT2D eigenvalue weighted by atomic mass is 10.1. The molecule has 3 rings (SSSR count). The minimum absolute atomic E-state index is 0.331. The Bertz CT molecular complexity index is 480. The first kappa shape index (κ1) is 9.47. The van der Waals surface area contributed by atoms with Gasteiger partial charge in [0.15, 0.2) is 5.82 Å². The maximum Gasteiger partial charge on any atom is 0.153 e. The molecule has 0 spiro atoms. The second kappa shape index (κ2) is 3.68. The van der Waals surface area contributed by atoms with E-state index in [2.05, 4.69) is 15.4 Å². The van der Waals surface area contributed by atoms with Crippen molar-refractivity contribution in [2.75, 3.05) is 6.54 Å². The summed E-state index contributed by atoms with van der Waals surface area (Å²) in [6.45, 7) is 1.80. The lowest BCUT2D eigenvalue weighted by molar-refractivity contribution is 0.618. The molecule has 3 heterocycles. The molecule has 0 fully saturated rings. The van der Waals surface area contributed by atoms with Gasteiger partial charge in [0.2, 0.25) is 0 Å². The van der Waals surface area contributed by atoms with E-state index in [1.807, 2.05) is 6.20 Å². The smallest absolute Gasteiger partial charge is 0.153 e. The van der Waals surface area contributed by atoms with Gasteiger partial charge in [0, 0.05) is 31.3 Å². The second-order valence-corrected chi connectivity index (χ2v) is 3.81. The molecule has 82 valence electrons. The molecular formula is C11H11FN4. The number of halogens is 1. The van der Waals surface area contributed by atoms with Crippen LogP contribution in [0.25, 0.3) is 5.82 Å². The highest BCUT2D eigenvalue weighted by molar-refractivity contribution is 5.27. The van der Waals surface area contributed by atoms with Crippen LogP contribution in [0.15, 0.2) is 24.5 Å². The summed E-state index contributed by atoms with van der Waals surface area (Å²) in [5.41, 5.74) is 2.29. The van der Waals surface area contributed by atoms with Gasteiger partial charge in [-0.3, -0.25) is 0 Å². The molecule has 0 saturated carbocycles. The molecule has 16 heavy (non-hydrogen) atoms. The first-order valence-electron chi connectivity index (χ1n) is 5.23. The van der Waals surface area contributed by atoms with Gasteiger partial charge in [0.05, 0.1) is 11.9 Å². The van der Waals surface area contributed by atoms with E-state index in [0.717, 1.165) is 25.2 Å². The number of hydrogen-bond acceptors (Lipinski definition) is 3. The van der Waals surface area contributed by atoms with Crippen molar-refractivity contribution in [3.8, 4) is 5.82 Å². The van der Waals surface area contributed by atoms with Crippen LogP contribution in [0, 0.1) is 5.82 Å². The molecule has 0 aromatic carbocycles. The molecule has 5 heteroatoms. The molecule has 0 radical (unpaired) electrons. The lowest BCUT2D eigenvalue weighted by Gasteiger charge is -2.09.